The van der Waals surface area contributed by atoms with Gasteiger partial charge in [0, 0.05) is 10.8 Å². The fraction of sp³-hybridized carbons (Fsp3) is 0. The standard InChI is InChI=1S/C50H28O/c1-2-12-44-43(10-1)50-40(11-5-13-45(50)51-44)37-27-35(38-22-18-33-16-14-29-6-3-8-31-20-24-41(38)48(33)46(29)31)26-36(28-37)39-23-19-34-17-15-30-7-4-9-32-21-25-42(39)49(34)47(30)32/h1-28H/i3D,4D,6D,7D,8D,9D,14D,15D,16D,17D,18D,19D,20D,21D,22D,23D,24D,25D,26D,27D,28D. The van der Waals surface area contributed by atoms with Gasteiger partial charge < -0.3 is 4.42 Å². The minimum absolute atomic E-state index is 0.140. The van der Waals surface area contributed by atoms with Crippen molar-refractivity contribution in [2.24, 2.45) is 0 Å². The quantitative estimate of drug-likeness (QED) is 0.171. The monoisotopic (exact) mass is 665 g/mol. The van der Waals surface area contributed by atoms with E-state index in [-0.39, 0.29) is 65.0 Å². The molecular weight excluding hydrogens is 617 g/mol. The van der Waals surface area contributed by atoms with Gasteiger partial charge in [-0.2, -0.15) is 0 Å². The molecular formula is C50H28O. The summed E-state index contributed by atoms with van der Waals surface area (Å²) in [6, 6.07) is -3.01. The van der Waals surface area contributed by atoms with Crippen molar-refractivity contribution in [2.45, 2.75) is 0 Å². The van der Waals surface area contributed by atoms with Gasteiger partial charge in [0.2, 0.25) is 0 Å². The SMILES string of the molecule is [2H]c1c(-c2c([2H])c([2H])c3c([2H])c([2H])c4c([2H])c([2H])c([2H])c5c([2H])c([2H])c2c3c45)c([2H])c(-c2cccc3oc4ccccc4c23)c([2H])c1-c1c([2H])c([2H])c2c([2H])c([2H])c3c([2H])c([2H])c([2H])c4c([2H])c([2H])c1c2c34. The number of hydrogen-bond acceptors (Lipinski definition) is 1. The predicted molar refractivity (Wildman–Crippen MR) is 217 cm³/mol. The Labute approximate surface area is 322 Å². The zero-order chi connectivity index (χ0) is 51.5. The van der Waals surface area contributed by atoms with Crippen molar-refractivity contribution < 1.29 is 33.2 Å². The van der Waals surface area contributed by atoms with Gasteiger partial charge in [-0.15, -0.1) is 0 Å². The third kappa shape index (κ3) is 3.75. The van der Waals surface area contributed by atoms with Crippen LogP contribution in [0.2, 0.25) is 0 Å². The van der Waals surface area contributed by atoms with E-state index in [1.165, 1.54) is 0 Å². The first kappa shape index (κ1) is 14.3. The topological polar surface area (TPSA) is 13.1 Å². The molecule has 234 valence electrons. The maximum Gasteiger partial charge on any atom is 0.136 e. The highest BCUT2D eigenvalue weighted by Crippen LogP contribution is 2.45. The van der Waals surface area contributed by atoms with E-state index in [4.69, 9.17) is 18.1 Å². The molecule has 1 heterocycles. The second-order valence-corrected chi connectivity index (χ2v) is 12.3. The van der Waals surface area contributed by atoms with Gasteiger partial charge >= 0.3 is 0 Å². The van der Waals surface area contributed by atoms with E-state index in [1.54, 1.807) is 42.5 Å². The number of benzene rings is 11. The first-order valence-corrected chi connectivity index (χ1v) is 16.0. The molecule has 0 radical (unpaired) electrons. The highest BCUT2D eigenvalue weighted by molar-refractivity contribution is 6.27. The van der Waals surface area contributed by atoms with E-state index >= 15 is 0 Å². The van der Waals surface area contributed by atoms with E-state index in [9.17, 15) is 15.1 Å². The van der Waals surface area contributed by atoms with Crippen LogP contribution in [-0.2, 0) is 0 Å². The number of rotatable bonds is 3. The molecule has 0 N–H and O–H groups in total. The van der Waals surface area contributed by atoms with Gasteiger partial charge in [0.1, 0.15) is 11.2 Å². The van der Waals surface area contributed by atoms with Crippen LogP contribution in [0.25, 0.3) is 120 Å². The Hall–Kier alpha value is -6.70. The van der Waals surface area contributed by atoms with Gasteiger partial charge in [-0.3, -0.25) is 0 Å². The summed E-state index contributed by atoms with van der Waals surface area (Å²) in [7, 11) is 0. The van der Waals surface area contributed by atoms with Crippen LogP contribution < -0.4 is 0 Å². The summed E-state index contributed by atoms with van der Waals surface area (Å²) >= 11 is 0. The molecule has 0 amide bonds. The van der Waals surface area contributed by atoms with E-state index in [0.29, 0.717) is 21.9 Å². The third-order valence-electron chi connectivity index (χ3n) is 9.55. The van der Waals surface area contributed by atoms with Gasteiger partial charge in [-0.05, 0) is 128 Å². The number of furan rings is 1. The largest absolute Gasteiger partial charge is 0.456 e. The molecule has 12 rings (SSSR count). The molecule has 0 bridgehead atoms. The van der Waals surface area contributed by atoms with E-state index in [0.717, 1.165) is 0 Å². The second-order valence-electron chi connectivity index (χ2n) is 12.3. The Morgan fingerprint density at radius 1 is 0.333 bits per heavy atom. The summed E-state index contributed by atoms with van der Waals surface area (Å²) in [5.74, 6) is 0. The lowest BCUT2D eigenvalue weighted by Gasteiger charge is -2.18. The Kier molecular flexibility index (Phi) is 2.78. The van der Waals surface area contributed by atoms with Crippen LogP contribution >= 0.6 is 0 Å². The van der Waals surface area contributed by atoms with Crippen LogP contribution in [-0.4, -0.2) is 0 Å². The van der Waals surface area contributed by atoms with Gasteiger partial charge in [0.05, 0.1) is 28.8 Å². The highest BCUT2D eigenvalue weighted by Gasteiger charge is 2.19. The summed E-state index contributed by atoms with van der Waals surface area (Å²) in [5, 5.41) is -2.92. The summed E-state index contributed by atoms with van der Waals surface area (Å²) in [5.41, 5.74) is -1.66. The van der Waals surface area contributed by atoms with Crippen LogP contribution in [0.4, 0.5) is 0 Å². The summed E-state index contributed by atoms with van der Waals surface area (Å²) < 4.78 is 202. The minimum atomic E-state index is -0.841. The molecule has 0 unspecified atom stereocenters. The van der Waals surface area contributed by atoms with Crippen molar-refractivity contribution >= 4 is 86.6 Å². The molecule has 12 aromatic rings. The van der Waals surface area contributed by atoms with Crippen LogP contribution in [0.3, 0.4) is 0 Å². The Morgan fingerprint density at radius 3 is 1.35 bits per heavy atom. The Bertz CT molecular complexity index is 4300. The smallest absolute Gasteiger partial charge is 0.136 e. The maximum atomic E-state index is 10.3. The number of para-hydroxylation sites is 1. The Balaban J connectivity index is 1.38. The number of hydrogen-bond donors (Lipinski definition) is 0. The molecule has 51 heavy (non-hydrogen) atoms. The van der Waals surface area contributed by atoms with Crippen LogP contribution in [0.1, 0.15) is 28.8 Å². The van der Waals surface area contributed by atoms with Crippen molar-refractivity contribution in [3.63, 3.8) is 0 Å². The molecule has 1 aromatic heterocycles. The van der Waals surface area contributed by atoms with E-state index < -0.39 is 160 Å². The molecule has 1 nitrogen and oxygen atoms in total. The first-order chi connectivity index (χ1) is 34.1. The van der Waals surface area contributed by atoms with Crippen molar-refractivity contribution in [3.05, 3.63) is 169 Å². The molecule has 0 spiro atoms. The van der Waals surface area contributed by atoms with Gasteiger partial charge in [0.15, 0.2) is 0 Å². The van der Waals surface area contributed by atoms with Crippen LogP contribution in [0, 0.1) is 0 Å². The summed E-state index contributed by atoms with van der Waals surface area (Å²) in [6.45, 7) is 0. The van der Waals surface area contributed by atoms with Crippen LogP contribution in [0.5, 0.6) is 0 Å². The van der Waals surface area contributed by atoms with Gasteiger partial charge in [-0.1, -0.05) is 139 Å². The fourth-order valence-electron chi connectivity index (χ4n) is 7.34. The summed E-state index contributed by atoms with van der Waals surface area (Å²) in [6.07, 6.45) is 0. The lowest BCUT2D eigenvalue weighted by Crippen LogP contribution is -1.91. The van der Waals surface area contributed by atoms with Crippen molar-refractivity contribution in [3.8, 4) is 33.4 Å². The normalized spacial score (nSPS) is 18.1. The van der Waals surface area contributed by atoms with Gasteiger partial charge in [-0.25, -0.2) is 0 Å². The number of fused-ring (bicyclic) bond motifs is 3. The minimum Gasteiger partial charge on any atom is -0.456 e. The Morgan fingerprint density at radius 2 is 0.784 bits per heavy atom. The zero-order valence-electron chi connectivity index (χ0n) is 46.9. The third-order valence-corrected chi connectivity index (χ3v) is 9.55. The average Bonchev–Trinajstić information content (AvgIpc) is 3.74. The first-order valence-electron chi connectivity index (χ1n) is 26.5. The second kappa shape index (κ2) is 9.94. The molecule has 0 atom stereocenters. The van der Waals surface area contributed by atoms with Crippen molar-refractivity contribution in [1.82, 2.24) is 0 Å². The van der Waals surface area contributed by atoms with E-state index in [1.807, 2.05) is 0 Å². The molecule has 0 saturated carbocycles. The van der Waals surface area contributed by atoms with Crippen LogP contribution in [0.15, 0.2) is 174 Å². The molecule has 11 aromatic carbocycles. The lowest BCUT2D eigenvalue weighted by atomic mass is 9.85. The lowest BCUT2D eigenvalue weighted by molar-refractivity contribution is 0.669. The molecule has 0 aliphatic rings. The van der Waals surface area contributed by atoms with Gasteiger partial charge in [0.25, 0.3) is 0 Å². The molecule has 1 heteroatoms. The predicted octanol–water partition coefficient (Wildman–Crippen LogP) is 14.4. The molecule has 0 aliphatic heterocycles. The maximum absolute atomic E-state index is 10.3. The zero-order valence-corrected chi connectivity index (χ0v) is 25.9. The molecule has 0 saturated heterocycles. The fourth-order valence-corrected chi connectivity index (χ4v) is 7.34. The van der Waals surface area contributed by atoms with Crippen molar-refractivity contribution in [2.75, 3.05) is 0 Å². The van der Waals surface area contributed by atoms with Crippen molar-refractivity contribution in [1.29, 1.82) is 0 Å². The molecule has 0 aliphatic carbocycles. The molecule has 0 fully saturated rings. The highest BCUT2D eigenvalue weighted by atomic mass is 16.3. The van der Waals surface area contributed by atoms with E-state index in [2.05, 4.69) is 0 Å². The average molecular weight is 666 g/mol. The summed E-state index contributed by atoms with van der Waals surface area (Å²) in [4.78, 5) is 0.